The molecular weight excluding hydrogens is 210 g/mol. The quantitative estimate of drug-likeness (QED) is 0.789. The predicted octanol–water partition coefficient (Wildman–Crippen LogP) is 3.08. The topological polar surface area (TPSA) is 21.3 Å². The molecule has 1 aliphatic heterocycles. The molecule has 0 saturated carbocycles. The van der Waals surface area contributed by atoms with Crippen molar-refractivity contribution in [1.29, 1.82) is 0 Å². The first-order valence-electron chi connectivity index (χ1n) is 6.70. The highest BCUT2D eigenvalue weighted by Crippen LogP contribution is 2.30. The van der Waals surface area contributed by atoms with Gasteiger partial charge in [-0.05, 0) is 36.9 Å². The number of rotatable bonds is 5. The van der Waals surface area contributed by atoms with Crippen LogP contribution in [0.25, 0.3) is 0 Å². The van der Waals surface area contributed by atoms with Crippen molar-refractivity contribution in [2.24, 2.45) is 0 Å². The van der Waals surface area contributed by atoms with Crippen LogP contribution in [0.2, 0.25) is 0 Å². The summed E-state index contributed by atoms with van der Waals surface area (Å²) in [6, 6.07) is 9.27. The van der Waals surface area contributed by atoms with Gasteiger partial charge in [0.05, 0.1) is 12.7 Å². The van der Waals surface area contributed by atoms with E-state index >= 15 is 0 Å². The minimum absolute atomic E-state index is 0.314. The maximum atomic E-state index is 5.88. The third-order valence-electron chi connectivity index (χ3n) is 3.29. The molecule has 0 aromatic heterocycles. The Hall–Kier alpha value is -0.860. The van der Waals surface area contributed by atoms with Crippen LogP contribution in [0, 0.1) is 0 Å². The summed E-state index contributed by atoms with van der Waals surface area (Å²) in [6.45, 7) is 6.33. The molecule has 17 heavy (non-hydrogen) atoms. The average Bonchev–Trinajstić information content (AvgIpc) is 2.34. The second-order valence-electron chi connectivity index (χ2n) is 5.06. The van der Waals surface area contributed by atoms with Crippen LogP contribution in [0.4, 0.5) is 0 Å². The van der Waals surface area contributed by atoms with Crippen molar-refractivity contribution in [1.82, 2.24) is 5.32 Å². The lowest BCUT2D eigenvalue weighted by molar-refractivity contribution is 0.0352. The van der Waals surface area contributed by atoms with E-state index in [0.29, 0.717) is 12.1 Å². The van der Waals surface area contributed by atoms with Crippen LogP contribution in [0.3, 0.4) is 0 Å². The molecule has 1 N–H and O–H groups in total. The lowest BCUT2D eigenvalue weighted by atomic mass is 9.95. The van der Waals surface area contributed by atoms with Crippen molar-refractivity contribution in [2.45, 2.75) is 45.3 Å². The predicted molar refractivity (Wildman–Crippen MR) is 71.2 cm³/mol. The molecular formula is C15H23NO. The fraction of sp³-hybridized carbons (Fsp3) is 0.600. The Labute approximate surface area is 104 Å². The minimum atomic E-state index is 0.314. The van der Waals surface area contributed by atoms with Crippen LogP contribution in [-0.4, -0.2) is 19.2 Å². The Morgan fingerprint density at radius 2 is 2.18 bits per heavy atom. The summed E-state index contributed by atoms with van der Waals surface area (Å²) in [6.07, 6.45) is 3.68. The molecule has 1 aromatic carbocycles. The molecule has 2 heteroatoms. The Morgan fingerprint density at radius 3 is 3.00 bits per heavy atom. The fourth-order valence-electron chi connectivity index (χ4n) is 2.39. The van der Waals surface area contributed by atoms with E-state index in [9.17, 15) is 0 Å². The van der Waals surface area contributed by atoms with Gasteiger partial charge in [-0.1, -0.05) is 38.1 Å². The van der Waals surface area contributed by atoms with Crippen molar-refractivity contribution in [2.75, 3.05) is 13.2 Å². The zero-order chi connectivity index (χ0) is 12.1. The highest BCUT2D eigenvalue weighted by atomic mass is 16.5. The monoisotopic (exact) mass is 233 g/mol. The summed E-state index contributed by atoms with van der Waals surface area (Å²) in [5, 5.41) is 3.45. The smallest absolute Gasteiger partial charge is 0.0828 e. The maximum absolute atomic E-state index is 5.88. The molecule has 2 nitrogen and oxygen atoms in total. The summed E-state index contributed by atoms with van der Waals surface area (Å²) >= 11 is 0. The number of ether oxygens (including phenoxy) is 1. The van der Waals surface area contributed by atoms with E-state index in [-0.39, 0.29) is 0 Å². The SMILES string of the molecule is CC(C)NCCCC1OCCc2ccccc21. The largest absolute Gasteiger partial charge is 0.373 e. The number of hydrogen-bond acceptors (Lipinski definition) is 2. The van der Waals surface area contributed by atoms with Crippen molar-refractivity contribution in [3.8, 4) is 0 Å². The van der Waals surface area contributed by atoms with E-state index in [2.05, 4.69) is 43.4 Å². The highest BCUT2D eigenvalue weighted by molar-refractivity contribution is 5.30. The average molecular weight is 233 g/mol. The van der Waals surface area contributed by atoms with Gasteiger partial charge in [0.2, 0.25) is 0 Å². The fourth-order valence-corrected chi connectivity index (χ4v) is 2.39. The molecule has 0 amide bonds. The van der Waals surface area contributed by atoms with E-state index in [0.717, 1.165) is 26.0 Å². The first-order chi connectivity index (χ1) is 8.27. The maximum Gasteiger partial charge on any atom is 0.0828 e. The molecule has 0 aliphatic carbocycles. The Kier molecular flexibility index (Phi) is 4.57. The summed E-state index contributed by atoms with van der Waals surface area (Å²) in [5.41, 5.74) is 2.88. The third-order valence-corrected chi connectivity index (χ3v) is 3.29. The van der Waals surface area contributed by atoms with Crippen molar-refractivity contribution in [3.05, 3.63) is 35.4 Å². The van der Waals surface area contributed by atoms with E-state index in [1.54, 1.807) is 0 Å². The lowest BCUT2D eigenvalue weighted by Crippen LogP contribution is -2.24. The van der Waals surface area contributed by atoms with Gasteiger partial charge in [-0.15, -0.1) is 0 Å². The first kappa shape index (κ1) is 12.6. The molecule has 1 aromatic rings. The minimum Gasteiger partial charge on any atom is -0.373 e. The third kappa shape index (κ3) is 3.55. The summed E-state index contributed by atoms with van der Waals surface area (Å²) in [5.74, 6) is 0. The Morgan fingerprint density at radius 1 is 1.35 bits per heavy atom. The van der Waals surface area contributed by atoms with Crippen LogP contribution < -0.4 is 5.32 Å². The van der Waals surface area contributed by atoms with Gasteiger partial charge >= 0.3 is 0 Å². The van der Waals surface area contributed by atoms with E-state index < -0.39 is 0 Å². The van der Waals surface area contributed by atoms with Crippen LogP contribution in [0.1, 0.15) is 43.9 Å². The Balaban J connectivity index is 1.86. The van der Waals surface area contributed by atoms with E-state index in [4.69, 9.17) is 4.74 Å². The van der Waals surface area contributed by atoms with Gasteiger partial charge in [0.1, 0.15) is 0 Å². The molecule has 1 unspecified atom stereocenters. The van der Waals surface area contributed by atoms with Crippen LogP contribution in [-0.2, 0) is 11.2 Å². The normalized spacial score (nSPS) is 19.4. The van der Waals surface area contributed by atoms with Crippen LogP contribution in [0.5, 0.6) is 0 Å². The zero-order valence-electron chi connectivity index (χ0n) is 10.9. The summed E-state index contributed by atoms with van der Waals surface area (Å²) in [4.78, 5) is 0. The second kappa shape index (κ2) is 6.18. The molecule has 94 valence electrons. The molecule has 0 fully saturated rings. The van der Waals surface area contributed by atoms with Crippen molar-refractivity contribution in [3.63, 3.8) is 0 Å². The molecule has 0 radical (unpaired) electrons. The molecule has 0 spiro atoms. The second-order valence-corrected chi connectivity index (χ2v) is 5.06. The van der Waals surface area contributed by atoms with Gasteiger partial charge < -0.3 is 10.1 Å². The standard InChI is InChI=1S/C15H23NO/c1-12(2)16-10-5-8-15-14-7-4-3-6-13(14)9-11-17-15/h3-4,6-7,12,15-16H,5,8-11H2,1-2H3. The molecule has 2 rings (SSSR count). The van der Waals surface area contributed by atoms with Gasteiger partial charge in [0, 0.05) is 6.04 Å². The number of benzene rings is 1. The van der Waals surface area contributed by atoms with Crippen LogP contribution >= 0.6 is 0 Å². The number of hydrogen-bond donors (Lipinski definition) is 1. The van der Waals surface area contributed by atoms with E-state index in [1.807, 2.05) is 0 Å². The zero-order valence-corrected chi connectivity index (χ0v) is 10.9. The molecule has 1 aliphatic rings. The molecule has 0 bridgehead atoms. The molecule has 0 saturated heterocycles. The van der Waals surface area contributed by atoms with Crippen molar-refractivity contribution >= 4 is 0 Å². The molecule has 1 atom stereocenters. The molecule has 1 heterocycles. The van der Waals surface area contributed by atoms with Gasteiger partial charge in [-0.25, -0.2) is 0 Å². The van der Waals surface area contributed by atoms with Gasteiger partial charge in [0.15, 0.2) is 0 Å². The van der Waals surface area contributed by atoms with Gasteiger partial charge in [-0.3, -0.25) is 0 Å². The summed E-state index contributed by atoms with van der Waals surface area (Å²) < 4.78 is 5.88. The van der Waals surface area contributed by atoms with Gasteiger partial charge in [0.25, 0.3) is 0 Å². The summed E-state index contributed by atoms with van der Waals surface area (Å²) in [7, 11) is 0. The van der Waals surface area contributed by atoms with Crippen LogP contribution in [0.15, 0.2) is 24.3 Å². The number of fused-ring (bicyclic) bond motifs is 1. The highest BCUT2D eigenvalue weighted by Gasteiger charge is 2.19. The van der Waals surface area contributed by atoms with Gasteiger partial charge in [-0.2, -0.15) is 0 Å². The Bertz CT molecular complexity index is 349. The van der Waals surface area contributed by atoms with E-state index in [1.165, 1.54) is 17.5 Å². The lowest BCUT2D eigenvalue weighted by Gasteiger charge is -2.26. The first-order valence-corrected chi connectivity index (χ1v) is 6.70. The number of nitrogens with one attached hydrogen (secondary N) is 1. The van der Waals surface area contributed by atoms with Crippen molar-refractivity contribution < 1.29 is 4.74 Å².